The highest BCUT2D eigenvalue weighted by molar-refractivity contribution is 5.81. The van der Waals surface area contributed by atoms with Crippen molar-refractivity contribution in [1.82, 2.24) is 21.3 Å². The molecule has 0 heterocycles. The van der Waals surface area contributed by atoms with Gasteiger partial charge in [0.1, 0.15) is 5.60 Å². The van der Waals surface area contributed by atoms with Gasteiger partial charge in [0.05, 0.1) is 0 Å². The van der Waals surface area contributed by atoms with Crippen molar-refractivity contribution in [2.45, 2.75) is 78.4 Å². The van der Waals surface area contributed by atoms with Gasteiger partial charge < -0.3 is 26.0 Å². The summed E-state index contributed by atoms with van der Waals surface area (Å²) >= 11 is 0. The Kier molecular flexibility index (Phi) is 13.1. The van der Waals surface area contributed by atoms with Crippen LogP contribution in [-0.2, 0) is 9.53 Å². The van der Waals surface area contributed by atoms with E-state index >= 15 is 0 Å². The molecular weight excluding hydrogens is 346 g/mol. The van der Waals surface area contributed by atoms with Gasteiger partial charge in [-0.15, -0.1) is 0 Å². The van der Waals surface area contributed by atoms with Crippen LogP contribution in [0.15, 0.2) is 4.99 Å². The summed E-state index contributed by atoms with van der Waals surface area (Å²) in [5.41, 5.74) is -0.521. The van der Waals surface area contributed by atoms with E-state index in [1.807, 2.05) is 27.7 Å². The predicted molar refractivity (Wildman–Crippen MR) is 110 cm³/mol. The van der Waals surface area contributed by atoms with Crippen LogP contribution in [0.25, 0.3) is 0 Å². The second-order valence-corrected chi connectivity index (χ2v) is 7.47. The zero-order valence-corrected chi connectivity index (χ0v) is 17.9. The van der Waals surface area contributed by atoms with Gasteiger partial charge >= 0.3 is 6.09 Å². The summed E-state index contributed by atoms with van der Waals surface area (Å²) in [6.07, 6.45) is 3.87. The molecule has 2 amide bonds. The smallest absolute Gasteiger partial charge is 0.407 e. The molecule has 8 heteroatoms. The third-order valence-electron chi connectivity index (χ3n) is 3.58. The van der Waals surface area contributed by atoms with Crippen LogP contribution < -0.4 is 21.3 Å². The number of unbranched alkanes of at least 4 members (excludes halogenated alkanes) is 1. The quantitative estimate of drug-likeness (QED) is 0.322. The third kappa shape index (κ3) is 14.8. The van der Waals surface area contributed by atoms with Crippen molar-refractivity contribution in [2.24, 2.45) is 4.99 Å². The van der Waals surface area contributed by atoms with Crippen LogP contribution in [-0.4, -0.2) is 56.3 Å². The Bertz CT molecular complexity index is 461. The highest BCUT2D eigenvalue weighted by Gasteiger charge is 2.18. The normalized spacial score (nSPS) is 12.9. The summed E-state index contributed by atoms with van der Waals surface area (Å²) in [7, 11) is 1.69. The maximum absolute atomic E-state index is 11.9. The molecule has 0 saturated heterocycles. The summed E-state index contributed by atoms with van der Waals surface area (Å²) < 4.78 is 5.28. The summed E-state index contributed by atoms with van der Waals surface area (Å²) in [4.78, 5) is 27.7. The van der Waals surface area contributed by atoms with Gasteiger partial charge in [0, 0.05) is 39.1 Å². The van der Waals surface area contributed by atoms with Crippen molar-refractivity contribution in [1.29, 1.82) is 0 Å². The van der Waals surface area contributed by atoms with Crippen LogP contribution in [0, 0.1) is 0 Å². The molecule has 158 valence electrons. The fourth-order valence-corrected chi connectivity index (χ4v) is 2.23. The van der Waals surface area contributed by atoms with Gasteiger partial charge in [0.25, 0.3) is 0 Å². The molecule has 0 saturated carbocycles. The van der Waals surface area contributed by atoms with E-state index in [0.717, 1.165) is 25.7 Å². The minimum Gasteiger partial charge on any atom is -0.444 e. The molecule has 1 atom stereocenters. The lowest BCUT2D eigenvalue weighted by atomic mass is 10.1. The van der Waals surface area contributed by atoms with E-state index in [1.54, 1.807) is 7.05 Å². The Balaban J connectivity index is 4.44. The number of ether oxygens (including phenoxy) is 1. The number of hydrogen-bond acceptors (Lipinski definition) is 4. The van der Waals surface area contributed by atoms with Crippen LogP contribution in [0.5, 0.6) is 0 Å². The highest BCUT2D eigenvalue weighted by Crippen LogP contribution is 2.07. The monoisotopic (exact) mass is 385 g/mol. The van der Waals surface area contributed by atoms with Crippen LogP contribution >= 0.6 is 0 Å². The van der Waals surface area contributed by atoms with Gasteiger partial charge in [-0.3, -0.25) is 9.79 Å². The molecule has 0 bridgehead atoms. The predicted octanol–water partition coefficient (Wildman–Crippen LogP) is 2.15. The maximum Gasteiger partial charge on any atom is 0.407 e. The van der Waals surface area contributed by atoms with Crippen molar-refractivity contribution in [3.8, 4) is 0 Å². The Morgan fingerprint density at radius 1 is 1.04 bits per heavy atom. The molecule has 0 aliphatic rings. The number of hydrogen-bond donors (Lipinski definition) is 4. The van der Waals surface area contributed by atoms with Crippen LogP contribution in [0.4, 0.5) is 4.79 Å². The van der Waals surface area contributed by atoms with Crippen molar-refractivity contribution in [3.63, 3.8) is 0 Å². The minimum absolute atomic E-state index is 0.0222. The number of alkyl carbamates (subject to hydrolysis) is 1. The number of amides is 2. The average Bonchev–Trinajstić information content (AvgIpc) is 2.59. The fraction of sp³-hybridized carbons (Fsp3) is 0.842. The second-order valence-electron chi connectivity index (χ2n) is 7.47. The Morgan fingerprint density at radius 3 is 2.30 bits per heavy atom. The lowest BCUT2D eigenvalue weighted by molar-refractivity contribution is -0.120. The van der Waals surface area contributed by atoms with Crippen LogP contribution in [0.1, 0.15) is 66.7 Å². The minimum atomic E-state index is -0.521. The van der Waals surface area contributed by atoms with Gasteiger partial charge in [-0.05, 0) is 33.6 Å². The molecule has 0 aromatic rings. The van der Waals surface area contributed by atoms with E-state index in [-0.39, 0.29) is 11.9 Å². The number of carbonyl (C=O) groups excluding carboxylic acids is 2. The lowest BCUT2D eigenvalue weighted by Gasteiger charge is -2.24. The molecular formula is C19H39N5O3. The van der Waals surface area contributed by atoms with E-state index < -0.39 is 11.7 Å². The molecule has 0 radical (unpaired) electrons. The lowest BCUT2D eigenvalue weighted by Crippen LogP contribution is -2.49. The SMILES string of the molecule is CCCCC(CNC(=O)OC(C)(C)C)NC(=NC)NCCC(=O)NCCC. The third-order valence-corrected chi connectivity index (χ3v) is 3.58. The number of aliphatic imine (C=N–C) groups is 1. The van der Waals surface area contributed by atoms with E-state index in [2.05, 4.69) is 33.2 Å². The van der Waals surface area contributed by atoms with Gasteiger partial charge in [0.15, 0.2) is 5.96 Å². The first-order valence-corrected chi connectivity index (χ1v) is 9.92. The molecule has 0 aliphatic heterocycles. The Labute approximate surface area is 164 Å². The van der Waals surface area contributed by atoms with E-state index in [0.29, 0.717) is 32.0 Å². The van der Waals surface area contributed by atoms with Crippen molar-refractivity contribution in [3.05, 3.63) is 0 Å². The largest absolute Gasteiger partial charge is 0.444 e. The molecule has 4 N–H and O–H groups in total. The Hall–Kier alpha value is -1.99. The van der Waals surface area contributed by atoms with Gasteiger partial charge in [-0.25, -0.2) is 4.79 Å². The summed E-state index contributed by atoms with van der Waals surface area (Å²) in [6.45, 7) is 11.3. The molecule has 0 aliphatic carbocycles. The van der Waals surface area contributed by atoms with Crippen molar-refractivity contribution >= 4 is 18.0 Å². The van der Waals surface area contributed by atoms with Crippen molar-refractivity contribution < 1.29 is 14.3 Å². The topological polar surface area (TPSA) is 104 Å². The van der Waals surface area contributed by atoms with Gasteiger partial charge in [-0.1, -0.05) is 26.7 Å². The van der Waals surface area contributed by atoms with Gasteiger partial charge in [-0.2, -0.15) is 0 Å². The molecule has 8 nitrogen and oxygen atoms in total. The number of rotatable bonds is 11. The summed E-state index contributed by atoms with van der Waals surface area (Å²) in [5, 5.41) is 12.1. The summed E-state index contributed by atoms with van der Waals surface area (Å²) in [6, 6.07) is 0.0255. The first-order chi connectivity index (χ1) is 12.7. The fourth-order valence-electron chi connectivity index (χ4n) is 2.23. The molecule has 27 heavy (non-hydrogen) atoms. The maximum atomic E-state index is 11.9. The van der Waals surface area contributed by atoms with Crippen LogP contribution in [0.2, 0.25) is 0 Å². The number of nitrogens with zero attached hydrogens (tertiary/aromatic N) is 1. The van der Waals surface area contributed by atoms with E-state index in [9.17, 15) is 9.59 Å². The highest BCUT2D eigenvalue weighted by atomic mass is 16.6. The number of nitrogens with one attached hydrogen (secondary N) is 4. The standard InChI is InChI=1S/C19H39N5O3/c1-7-9-10-15(14-23-18(26)27-19(3,4)5)24-17(20-6)22-13-11-16(25)21-12-8-2/h15H,7-14H2,1-6H3,(H,21,25)(H,23,26)(H2,20,22,24). The van der Waals surface area contributed by atoms with E-state index in [1.165, 1.54) is 0 Å². The molecule has 0 rings (SSSR count). The molecule has 0 fully saturated rings. The van der Waals surface area contributed by atoms with Crippen LogP contribution in [0.3, 0.4) is 0 Å². The average molecular weight is 386 g/mol. The molecule has 0 spiro atoms. The molecule has 1 unspecified atom stereocenters. The molecule has 0 aromatic heterocycles. The Morgan fingerprint density at radius 2 is 1.74 bits per heavy atom. The zero-order chi connectivity index (χ0) is 20.7. The molecule has 0 aromatic carbocycles. The number of guanidine groups is 1. The first kappa shape index (κ1) is 25.0. The van der Waals surface area contributed by atoms with Crippen molar-refractivity contribution in [2.75, 3.05) is 26.7 Å². The van der Waals surface area contributed by atoms with E-state index in [4.69, 9.17) is 4.74 Å². The first-order valence-electron chi connectivity index (χ1n) is 9.92. The van der Waals surface area contributed by atoms with Gasteiger partial charge in [0.2, 0.25) is 5.91 Å². The number of carbonyl (C=O) groups is 2. The summed E-state index contributed by atoms with van der Waals surface area (Å²) in [5.74, 6) is 0.638. The second kappa shape index (κ2) is 14.1. The zero-order valence-electron chi connectivity index (χ0n) is 17.9.